The number of carbonyl (C=O) groups is 1. The fourth-order valence-electron chi connectivity index (χ4n) is 4.51. The van der Waals surface area contributed by atoms with Gasteiger partial charge in [0.2, 0.25) is 5.91 Å². The van der Waals surface area contributed by atoms with E-state index in [2.05, 4.69) is 22.0 Å². The molecule has 0 spiro atoms. The predicted octanol–water partition coefficient (Wildman–Crippen LogP) is 3.23. The quantitative estimate of drug-likeness (QED) is 0.899. The molecule has 3 heterocycles. The lowest BCUT2D eigenvalue weighted by Gasteiger charge is -2.35. The summed E-state index contributed by atoms with van der Waals surface area (Å²) in [6.45, 7) is 5.33. The Kier molecular flexibility index (Phi) is 5.25. The van der Waals surface area contributed by atoms with Crippen LogP contribution in [0, 0.1) is 12.7 Å². The first-order valence-corrected chi connectivity index (χ1v) is 9.89. The average molecular weight is 370 g/mol. The van der Waals surface area contributed by atoms with Gasteiger partial charge in [-0.15, -0.1) is 0 Å². The zero-order valence-electron chi connectivity index (χ0n) is 15.8. The lowest BCUT2D eigenvalue weighted by Crippen LogP contribution is -2.48. The number of carbonyl (C=O) groups excluding carboxylic acids is 1. The molecule has 2 fully saturated rings. The van der Waals surface area contributed by atoms with Crippen molar-refractivity contribution >= 4 is 5.91 Å². The van der Waals surface area contributed by atoms with Crippen LogP contribution in [-0.2, 0) is 11.3 Å². The van der Waals surface area contributed by atoms with Crippen molar-refractivity contribution in [1.29, 1.82) is 0 Å². The van der Waals surface area contributed by atoms with Crippen molar-refractivity contribution in [2.75, 3.05) is 19.6 Å². The van der Waals surface area contributed by atoms with E-state index in [1.165, 1.54) is 17.7 Å². The molecule has 2 aliphatic heterocycles. The minimum atomic E-state index is -0.219. The van der Waals surface area contributed by atoms with Crippen molar-refractivity contribution in [3.8, 4) is 0 Å². The molecule has 1 atom stereocenters. The summed E-state index contributed by atoms with van der Waals surface area (Å²) in [5.74, 6) is 0.534. The van der Waals surface area contributed by atoms with Gasteiger partial charge in [0.15, 0.2) is 0 Å². The van der Waals surface area contributed by atoms with Crippen LogP contribution in [0.3, 0.4) is 0 Å². The number of hydrogen-bond acceptors (Lipinski definition) is 3. The Labute approximate surface area is 159 Å². The molecule has 2 aromatic rings. The van der Waals surface area contributed by atoms with Crippen LogP contribution in [0.2, 0.25) is 0 Å². The molecule has 1 N–H and O–H groups in total. The standard InChI is InChI=1S/C21H27FN4O/c1-15-19(13-23-24-15)17-8-11-25(12-9-17)21(27)20-3-2-10-26(20)14-16-4-6-18(22)7-5-16/h4-7,13,17,20H,2-3,8-12,14H2,1H3,(H,23,24). The molecule has 2 aliphatic rings. The lowest BCUT2D eigenvalue weighted by atomic mass is 9.89. The summed E-state index contributed by atoms with van der Waals surface area (Å²) in [5.41, 5.74) is 3.49. The number of aromatic nitrogens is 2. The number of H-pyrrole nitrogens is 1. The summed E-state index contributed by atoms with van der Waals surface area (Å²) in [4.78, 5) is 17.4. The maximum absolute atomic E-state index is 13.1. The van der Waals surface area contributed by atoms with E-state index in [9.17, 15) is 9.18 Å². The highest BCUT2D eigenvalue weighted by Crippen LogP contribution is 2.31. The third-order valence-corrected chi connectivity index (χ3v) is 6.06. The molecular formula is C21H27FN4O. The van der Waals surface area contributed by atoms with E-state index in [0.29, 0.717) is 12.5 Å². The van der Waals surface area contributed by atoms with Crippen LogP contribution in [0.5, 0.6) is 0 Å². The van der Waals surface area contributed by atoms with Gasteiger partial charge >= 0.3 is 0 Å². The fraction of sp³-hybridized carbons (Fsp3) is 0.524. The molecule has 27 heavy (non-hydrogen) atoms. The van der Waals surface area contributed by atoms with Crippen molar-refractivity contribution in [2.24, 2.45) is 0 Å². The Morgan fingerprint density at radius 3 is 2.59 bits per heavy atom. The van der Waals surface area contributed by atoms with Crippen LogP contribution < -0.4 is 0 Å². The molecule has 0 radical (unpaired) electrons. The summed E-state index contributed by atoms with van der Waals surface area (Å²) in [7, 11) is 0. The first-order valence-electron chi connectivity index (χ1n) is 9.89. The highest BCUT2D eigenvalue weighted by molar-refractivity contribution is 5.82. The van der Waals surface area contributed by atoms with Gasteiger partial charge in [-0.3, -0.25) is 14.8 Å². The number of nitrogens with zero attached hydrogens (tertiary/aromatic N) is 3. The second kappa shape index (κ2) is 7.80. The van der Waals surface area contributed by atoms with Crippen molar-refractivity contribution in [3.05, 3.63) is 53.1 Å². The first-order chi connectivity index (χ1) is 13.1. The second-order valence-corrected chi connectivity index (χ2v) is 7.80. The summed E-state index contributed by atoms with van der Waals surface area (Å²) in [6.07, 6.45) is 5.88. The van der Waals surface area contributed by atoms with E-state index in [1.807, 2.05) is 23.2 Å². The normalized spacial score (nSPS) is 21.7. The Hall–Kier alpha value is -2.21. The van der Waals surface area contributed by atoms with E-state index < -0.39 is 0 Å². The van der Waals surface area contributed by atoms with Gasteiger partial charge in [-0.1, -0.05) is 12.1 Å². The smallest absolute Gasteiger partial charge is 0.239 e. The van der Waals surface area contributed by atoms with Crippen LogP contribution in [-0.4, -0.2) is 51.6 Å². The van der Waals surface area contributed by atoms with E-state index >= 15 is 0 Å². The number of halogens is 1. The molecule has 0 bridgehead atoms. The zero-order chi connectivity index (χ0) is 18.8. The summed E-state index contributed by atoms with van der Waals surface area (Å²) < 4.78 is 13.1. The van der Waals surface area contributed by atoms with Gasteiger partial charge < -0.3 is 4.90 Å². The summed E-state index contributed by atoms with van der Waals surface area (Å²) in [6, 6.07) is 6.57. The Bertz CT molecular complexity index is 780. The third kappa shape index (κ3) is 3.90. The average Bonchev–Trinajstić information content (AvgIpc) is 3.32. The van der Waals surface area contributed by atoms with Gasteiger partial charge in [0.25, 0.3) is 0 Å². The van der Waals surface area contributed by atoms with E-state index in [1.54, 1.807) is 0 Å². The van der Waals surface area contributed by atoms with Crippen LogP contribution in [0.15, 0.2) is 30.5 Å². The summed E-state index contributed by atoms with van der Waals surface area (Å²) in [5, 5.41) is 7.15. The third-order valence-electron chi connectivity index (χ3n) is 6.06. The first kappa shape index (κ1) is 18.2. The maximum Gasteiger partial charge on any atom is 0.239 e. The molecule has 0 saturated carbocycles. The molecule has 1 unspecified atom stereocenters. The molecule has 1 amide bonds. The van der Waals surface area contributed by atoms with Crippen LogP contribution in [0.1, 0.15) is 48.4 Å². The molecule has 144 valence electrons. The van der Waals surface area contributed by atoms with Gasteiger partial charge in [-0.05, 0) is 68.3 Å². The number of benzene rings is 1. The molecule has 1 aromatic heterocycles. The summed E-state index contributed by atoms with van der Waals surface area (Å²) >= 11 is 0. The number of aromatic amines is 1. The van der Waals surface area contributed by atoms with E-state index in [0.717, 1.165) is 56.6 Å². The predicted molar refractivity (Wildman–Crippen MR) is 102 cm³/mol. The molecule has 0 aliphatic carbocycles. The van der Waals surface area contributed by atoms with E-state index in [-0.39, 0.29) is 17.8 Å². The molecule has 6 heteroatoms. The largest absolute Gasteiger partial charge is 0.341 e. The molecule has 4 rings (SSSR count). The molecule has 5 nitrogen and oxygen atoms in total. The Balaban J connectivity index is 1.36. The van der Waals surface area contributed by atoms with Crippen LogP contribution in [0.25, 0.3) is 0 Å². The topological polar surface area (TPSA) is 52.2 Å². The van der Waals surface area contributed by atoms with Crippen molar-refractivity contribution in [1.82, 2.24) is 20.0 Å². The monoisotopic (exact) mass is 370 g/mol. The van der Waals surface area contributed by atoms with Crippen LogP contribution in [0.4, 0.5) is 4.39 Å². The Morgan fingerprint density at radius 1 is 1.19 bits per heavy atom. The number of piperidine rings is 1. The molecule has 1 aromatic carbocycles. The van der Waals surface area contributed by atoms with Crippen molar-refractivity contribution in [3.63, 3.8) is 0 Å². The van der Waals surface area contributed by atoms with Crippen LogP contribution >= 0.6 is 0 Å². The minimum Gasteiger partial charge on any atom is -0.341 e. The highest BCUT2D eigenvalue weighted by atomic mass is 19.1. The molecule has 2 saturated heterocycles. The maximum atomic E-state index is 13.1. The van der Waals surface area contributed by atoms with Gasteiger partial charge in [0, 0.05) is 25.3 Å². The number of aryl methyl sites for hydroxylation is 1. The number of rotatable bonds is 4. The van der Waals surface area contributed by atoms with Gasteiger partial charge in [0.1, 0.15) is 5.82 Å². The van der Waals surface area contributed by atoms with Gasteiger partial charge in [0.05, 0.1) is 12.2 Å². The number of likely N-dealkylation sites (tertiary alicyclic amines) is 2. The number of nitrogens with one attached hydrogen (secondary N) is 1. The van der Waals surface area contributed by atoms with E-state index in [4.69, 9.17) is 0 Å². The number of amides is 1. The van der Waals surface area contributed by atoms with Gasteiger partial charge in [-0.25, -0.2) is 4.39 Å². The Morgan fingerprint density at radius 2 is 1.93 bits per heavy atom. The second-order valence-electron chi connectivity index (χ2n) is 7.80. The van der Waals surface area contributed by atoms with Crippen molar-refractivity contribution < 1.29 is 9.18 Å². The van der Waals surface area contributed by atoms with Crippen molar-refractivity contribution in [2.45, 2.75) is 51.1 Å². The van der Waals surface area contributed by atoms with Gasteiger partial charge in [-0.2, -0.15) is 5.10 Å². The number of hydrogen-bond donors (Lipinski definition) is 1. The molecular weight excluding hydrogens is 343 g/mol. The SMILES string of the molecule is Cc1[nH]ncc1C1CCN(C(=O)C2CCCN2Cc2ccc(F)cc2)CC1. The lowest BCUT2D eigenvalue weighted by molar-refractivity contribution is -0.137. The zero-order valence-corrected chi connectivity index (χ0v) is 15.8. The highest BCUT2D eigenvalue weighted by Gasteiger charge is 2.35. The minimum absolute atomic E-state index is 0.0396. The fourth-order valence-corrected chi connectivity index (χ4v) is 4.51.